The number of amides is 1. The molecule has 0 aromatic carbocycles. The molecule has 0 saturated heterocycles. The minimum Gasteiger partial charge on any atom is -0.370 e. The fourth-order valence-corrected chi connectivity index (χ4v) is 0.512. The molecule has 1 atom stereocenters. The van der Waals surface area contributed by atoms with E-state index in [2.05, 4.69) is 0 Å². The van der Waals surface area contributed by atoms with Gasteiger partial charge in [0.1, 0.15) is 0 Å². The van der Waals surface area contributed by atoms with Crippen LogP contribution < -0.4 is 5.73 Å². The Morgan fingerprint density at radius 1 is 1.78 bits per heavy atom. The summed E-state index contributed by atoms with van der Waals surface area (Å²) in [6.45, 7) is 1.82. The van der Waals surface area contributed by atoms with Crippen LogP contribution in [-0.2, 0) is 9.59 Å². The lowest BCUT2D eigenvalue weighted by molar-refractivity contribution is -0.118. The van der Waals surface area contributed by atoms with Crippen LogP contribution in [0.2, 0.25) is 0 Å². The second-order valence-electron chi connectivity index (χ2n) is 1.89. The Kier molecular flexibility index (Phi) is 3.67. The molecule has 0 rings (SSSR count). The first-order chi connectivity index (χ1) is 4.20. The third-order valence-corrected chi connectivity index (χ3v) is 1.11. The topological polar surface area (TPSA) is 60.2 Å². The van der Waals surface area contributed by atoms with E-state index in [0.29, 0.717) is 6.42 Å². The largest absolute Gasteiger partial charge is 0.370 e. The lowest BCUT2D eigenvalue weighted by Gasteiger charge is -1.99. The average molecular weight is 128 g/mol. The summed E-state index contributed by atoms with van der Waals surface area (Å²) in [6.07, 6.45) is 2.49. The van der Waals surface area contributed by atoms with E-state index in [1.54, 1.807) is 6.29 Å². The Morgan fingerprint density at radius 2 is 2.33 bits per heavy atom. The maximum atomic E-state index is 10.2. The van der Waals surface area contributed by atoms with Crippen LogP contribution in [0.5, 0.6) is 0 Å². The highest BCUT2D eigenvalue weighted by Crippen LogP contribution is 2.02. The molecular formula is C6H10NO2. The van der Waals surface area contributed by atoms with Crippen molar-refractivity contribution in [2.45, 2.75) is 19.8 Å². The first-order valence-electron chi connectivity index (χ1n) is 2.86. The fourth-order valence-electron chi connectivity index (χ4n) is 0.512. The molecule has 0 bridgehead atoms. The summed E-state index contributed by atoms with van der Waals surface area (Å²) < 4.78 is 0. The van der Waals surface area contributed by atoms with Crippen molar-refractivity contribution >= 4 is 12.2 Å². The Hall–Kier alpha value is -0.860. The quantitative estimate of drug-likeness (QED) is 0.579. The minimum absolute atomic E-state index is 0.125. The third kappa shape index (κ3) is 3.70. The molecule has 1 radical (unpaired) electrons. The number of carbonyl (C=O) groups excluding carboxylic acids is 2. The zero-order chi connectivity index (χ0) is 7.28. The van der Waals surface area contributed by atoms with Crippen LogP contribution in [-0.4, -0.2) is 12.2 Å². The standard InChI is InChI=1S/C6H10NO2/c1-2-5(4-8)3-6(7)9/h5H,2-3H2,1H3,(H2,7,9). The van der Waals surface area contributed by atoms with Crippen LogP contribution in [0, 0.1) is 5.92 Å². The monoisotopic (exact) mass is 128 g/mol. The van der Waals surface area contributed by atoms with Gasteiger partial charge in [-0.25, -0.2) is 0 Å². The van der Waals surface area contributed by atoms with Crippen molar-refractivity contribution in [1.82, 2.24) is 0 Å². The molecule has 1 unspecified atom stereocenters. The first-order valence-corrected chi connectivity index (χ1v) is 2.86. The minimum atomic E-state index is -0.440. The highest BCUT2D eigenvalue weighted by Gasteiger charge is 2.07. The Morgan fingerprint density at radius 3 is 2.44 bits per heavy atom. The van der Waals surface area contributed by atoms with E-state index in [0.717, 1.165) is 0 Å². The van der Waals surface area contributed by atoms with Crippen LogP contribution >= 0.6 is 0 Å². The van der Waals surface area contributed by atoms with Gasteiger partial charge < -0.3 is 5.73 Å². The van der Waals surface area contributed by atoms with Gasteiger partial charge in [-0.3, -0.25) is 9.59 Å². The molecule has 0 saturated carbocycles. The van der Waals surface area contributed by atoms with Crippen molar-refractivity contribution < 1.29 is 9.59 Å². The van der Waals surface area contributed by atoms with Crippen LogP contribution in [0.25, 0.3) is 0 Å². The van der Waals surface area contributed by atoms with E-state index in [-0.39, 0.29) is 12.3 Å². The molecule has 0 fully saturated rings. The molecule has 2 N–H and O–H groups in total. The summed E-state index contributed by atoms with van der Waals surface area (Å²) in [5.41, 5.74) is 4.83. The molecule has 0 heterocycles. The van der Waals surface area contributed by atoms with E-state index in [1.807, 2.05) is 6.92 Å². The Balaban J connectivity index is 3.55. The number of primary amides is 1. The average Bonchev–Trinajstić information content (AvgIpc) is 1.82. The normalized spacial score (nSPS) is 12.6. The van der Waals surface area contributed by atoms with E-state index in [4.69, 9.17) is 5.73 Å². The predicted molar refractivity (Wildman–Crippen MR) is 33.3 cm³/mol. The maximum Gasteiger partial charge on any atom is 0.218 e. The molecule has 0 aliphatic rings. The van der Waals surface area contributed by atoms with Gasteiger partial charge in [0.05, 0.1) is 0 Å². The van der Waals surface area contributed by atoms with Crippen molar-refractivity contribution in [3.63, 3.8) is 0 Å². The van der Waals surface area contributed by atoms with E-state index >= 15 is 0 Å². The highest BCUT2D eigenvalue weighted by molar-refractivity contribution is 5.77. The van der Waals surface area contributed by atoms with Gasteiger partial charge in [0.15, 0.2) is 0 Å². The first kappa shape index (κ1) is 8.14. The van der Waals surface area contributed by atoms with Gasteiger partial charge in [0, 0.05) is 12.3 Å². The van der Waals surface area contributed by atoms with Gasteiger partial charge in [-0.05, 0) is 6.42 Å². The number of rotatable bonds is 4. The highest BCUT2D eigenvalue weighted by atomic mass is 16.1. The molecule has 3 nitrogen and oxygen atoms in total. The zero-order valence-electron chi connectivity index (χ0n) is 5.39. The van der Waals surface area contributed by atoms with E-state index in [9.17, 15) is 9.59 Å². The Labute approximate surface area is 54.2 Å². The molecule has 0 aliphatic heterocycles. The molecule has 0 aromatic rings. The molecule has 51 valence electrons. The smallest absolute Gasteiger partial charge is 0.218 e. The summed E-state index contributed by atoms with van der Waals surface area (Å²) in [5, 5.41) is 0. The van der Waals surface area contributed by atoms with Gasteiger partial charge in [-0.2, -0.15) is 0 Å². The number of hydrogen-bond donors (Lipinski definition) is 1. The van der Waals surface area contributed by atoms with Crippen LogP contribution in [0.15, 0.2) is 0 Å². The van der Waals surface area contributed by atoms with E-state index in [1.165, 1.54) is 0 Å². The fraction of sp³-hybridized carbons (Fsp3) is 0.667. The zero-order valence-corrected chi connectivity index (χ0v) is 5.39. The summed E-state index contributed by atoms with van der Waals surface area (Å²) in [5.74, 6) is -0.743. The molecule has 0 spiro atoms. The maximum absolute atomic E-state index is 10.2. The predicted octanol–water partition coefficient (Wildman–Crippen LogP) is -0.00230. The third-order valence-electron chi connectivity index (χ3n) is 1.11. The van der Waals surface area contributed by atoms with Gasteiger partial charge >= 0.3 is 0 Å². The molecule has 0 aromatic heterocycles. The SMILES string of the molecule is CCC([C]=O)CC(N)=O. The number of hydrogen-bond acceptors (Lipinski definition) is 2. The van der Waals surface area contributed by atoms with Crippen LogP contribution in [0.3, 0.4) is 0 Å². The van der Waals surface area contributed by atoms with Gasteiger partial charge in [-0.15, -0.1) is 0 Å². The summed E-state index contributed by atoms with van der Waals surface area (Å²) in [7, 11) is 0. The van der Waals surface area contributed by atoms with Gasteiger partial charge in [0.2, 0.25) is 12.2 Å². The molecular weight excluding hydrogens is 118 g/mol. The van der Waals surface area contributed by atoms with Crippen molar-refractivity contribution in [2.75, 3.05) is 0 Å². The summed E-state index contributed by atoms with van der Waals surface area (Å²) in [6, 6.07) is 0. The molecule has 3 heteroatoms. The van der Waals surface area contributed by atoms with Crippen LogP contribution in [0.1, 0.15) is 19.8 Å². The Bertz CT molecular complexity index is 112. The van der Waals surface area contributed by atoms with Crippen molar-refractivity contribution in [3.05, 3.63) is 0 Å². The molecule has 9 heavy (non-hydrogen) atoms. The molecule has 0 aliphatic carbocycles. The lowest BCUT2D eigenvalue weighted by atomic mass is 10.0. The van der Waals surface area contributed by atoms with Crippen molar-refractivity contribution in [1.29, 1.82) is 0 Å². The number of carbonyl (C=O) groups is 1. The lowest BCUT2D eigenvalue weighted by Crippen LogP contribution is -2.16. The summed E-state index contributed by atoms with van der Waals surface area (Å²) in [4.78, 5) is 20.1. The van der Waals surface area contributed by atoms with Gasteiger partial charge in [0.25, 0.3) is 0 Å². The number of nitrogens with two attached hydrogens (primary N) is 1. The van der Waals surface area contributed by atoms with Crippen molar-refractivity contribution in [2.24, 2.45) is 11.7 Å². The van der Waals surface area contributed by atoms with Gasteiger partial charge in [-0.1, -0.05) is 6.92 Å². The van der Waals surface area contributed by atoms with Crippen molar-refractivity contribution in [3.8, 4) is 0 Å². The second kappa shape index (κ2) is 4.06. The molecule has 1 amide bonds. The van der Waals surface area contributed by atoms with E-state index < -0.39 is 5.91 Å². The second-order valence-corrected chi connectivity index (χ2v) is 1.89. The van der Waals surface area contributed by atoms with Crippen LogP contribution in [0.4, 0.5) is 0 Å². The summed E-state index contributed by atoms with van der Waals surface area (Å²) >= 11 is 0.